The third kappa shape index (κ3) is 2.53. The summed E-state index contributed by atoms with van der Waals surface area (Å²) >= 11 is 0. The number of aliphatic hydroxyl groups excluding tert-OH is 1. The second-order valence-electron chi connectivity index (χ2n) is 4.26. The second-order valence-corrected chi connectivity index (χ2v) is 4.26. The van der Waals surface area contributed by atoms with Gasteiger partial charge in [0.2, 0.25) is 0 Å². The van der Waals surface area contributed by atoms with Gasteiger partial charge in [-0.25, -0.2) is 0 Å². The molecule has 2 unspecified atom stereocenters. The van der Waals surface area contributed by atoms with Gasteiger partial charge < -0.3 is 5.11 Å². The second kappa shape index (κ2) is 3.96. The van der Waals surface area contributed by atoms with Crippen LogP contribution in [0.5, 0.6) is 0 Å². The van der Waals surface area contributed by atoms with E-state index in [0.717, 1.165) is 25.7 Å². The molecule has 0 bridgehead atoms. The van der Waals surface area contributed by atoms with Crippen molar-refractivity contribution in [1.29, 1.82) is 0 Å². The van der Waals surface area contributed by atoms with Gasteiger partial charge in [0.05, 0.1) is 6.10 Å². The lowest BCUT2D eigenvalue weighted by Gasteiger charge is -2.22. The number of hydrogen-bond acceptors (Lipinski definition) is 1. The molecule has 68 valence electrons. The van der Waals surface area contributed by atoms with Gasteiger partial charge in [0, 0.05) is 6.42 Å². The molecule has 0 saturated heterocycles. The summed E-state index contributed by atoms with van der Waals surface area (Å²) in [4.78, 5) is 0. The van der Waals surface area contributed by atoms with Crippen LogP contribution in [0.1, 0.15) is 45.4 Å². The van der Waals surface area contributed by atoms with Crippen molar-refractivity contribution in [2.24, 2.45) is 5.41 Å². The topological polar surface area (TPSA) is 20.2 Å². The highest BCUT2D eigenvalue weighted by Gasteiger charge is 2.33. The number of hydrogen-bond donors (Lipinski definition) is 1. The highest BCUT2D eigenvalue weighted by Crippen LogP contribution is 2.41. The Hall–Kier alpha value is -0.480. The minimum Gasteiger partial charge on any atom is -0.393 e. The molecule has 1 nitrogen and oxygen atoms in total. The van der Waals surface area contributed by atoms with Crippen molar-refractivity contribution in [1.82, 2.24) is 0 Å². The minimum atomic E-state index is -0.0548. The van der Waals surface area contributed by atoms with Gasteiger partial charge in [0.15, 0.2) is 0 Å². The Morgan fingerprint density at radius 1 is 1.67 bits per heavy atom. The number of terminal acetylenes is 1. The molecule has 1 aliphatic carbocycles. The van der Waals surface area contributed by atoms with Gasteiger partial charge in [-0.1, -0.05) is 6.92 Å². The predicted octanol–water partition coefficient (Wildman–Crippen LogP) is 2.34. The molecule has 0 aromatic heterocycles. The number of aliphatic hydroxyl groups is 1. The Kier molecular flexibility index (Phi) is 3.17. The first kappa shape index (κ1) is 9.61. The molecule has 0 radical (unpaired) electrons. The monoisotopic (exact) mass is 166 g/mol. The van der Waals surface area contributed by atoms with E-state index < -0.39 is 0 Å². The molecule has 0 aliphatic heterocycles. The first-order valence-corrected chi connectivity index (χ1v) is 4.78. The molecule has 1 fully saturated rings. The minimum absolute atomic E-state index is 0.0548. The van der Waals surface area contributed by atoms with Crippen molar-refractivity contribution in [3.05, 3.63) is 0 Å². The van der Waals surface area contributed by atoms with E-state index in [1.165, 1.54) is 12.8 Å². The van der Waals surface area contributed by atoms with Crippen LogP contribution < -0.4 is 0 Å². The smallest absolute Gasteiger partial charge is 0.0545 e. The molecule has 2 atom stereocenters. The standard InChI is InChI=1S/C11H18O/c1-3-4-5-7-11(2)8-6-10(12)9-11/h1,10,12H,4-9H2,2H3. The van der Waals surface area contributed by atoms with Crippen LogP contribution >= 0.6 is 0 Å². The van der Waals surface area contributed by atoms with Crippen LogP contribution in [0.25, 0.3) is 0 Å². The van der Waals surface area contributed by atoms with Gasteiger partial charge >= 0.3 is 0 Å². The van der Waals surface area contributed by atoms with Gasteiger partial charge in [-0.2, -0.15) is 0 Å². The molecule has 0 amide bonds. The van der Waals surface area contributed by atoms with E-state index in [9.17, 15) is 5.11 Å². The highest BCUT2D eigenvalue weighted by molar-refractivity contribution is 4.88. The van der Waals surface area contributed by atoms with Crippen molar-refractivity contribution in [3.8, 4) is 12.3 Å². The van der Waals surface area contributed by atoms with Crippen molar-refractivity contribution in [3.63, 3.8) is 0 Å². The molecule has 0 aromatic rings. The Morgan fingerprint density at radius 2 is 2.42 bits per heavy atom. The Bertz CT molecular complexity index is 180. The molecule has 1 heteroatoms. The number of unbranched alkanes of at least 4 members (excludes halogenated alkanes) is 1. The average Bonchev–Trinajstić information content (AvgIpc) is 2.32. The van der Waals surface area contributed by atoms with Gasteiger partial charge in [-0.05, 0) is 37.5 Å². The van der Waals surface area contributed by atoms with E-state index in [1.807, 2.05) is 0 Å². The summed E-state index contributed by atoms with van der Waals surface area (Å²) < 4.78 is 0. The quantitative estimate of drug-likeness (QED) is 0.504. The van der Waals surface area contributed by atoms with Crippen LogP contribution in [0.2, 0.25) is 0 Å². The molecular formula is C11H18O. The van der Waals surface area contributed by atoms with Gasteiger partial charge in [0.1, 0.15) is 0 Å². The third-order valence-electron chi connectivity index (χ3n) is 2.91. The van der Waals surface area contributed by atoms with E-state index in [0.29, 0.717) is 5.41 Å². The summed E-state index contributed by atoms with van der Waals surface area (Å²) in [6.45, 7) is 2.26. The molecule has 12 heavy (non-hydrogen) atoms. The zero-order chi connectivity index (χ0) is 9.03. The highest BCUT2D eigenvalue weighted by atomic mass is 16.3. The maximum Gasteiger partial charge on any atom is 0.0545 e. The lowest BCUT2D eigenvalue weighted by atomic mass is 9.83. The van der Waals surface area contributed by atoms with Crippen LogP contribution in [-0.2, 0) is 0 Å². The molecule has 1 rings (SSSR count). The third-order valence-corrected chi connectivity index (χ3v) is 2.91. The summed E-state index contributed by atoms with van der Waals surface area (Å²) in [6.07, 6.45) is 11.4. The normalized spacial score (nSPS) is 34.9. The van der Waals surface area contributed by atoms with Crippen molar-refractivity contribution >= 4 is 0 Å². The fraction of sp³-hybridized carbons (Fsp3) is 0.818. The average molecular weight is 166 g/mol. The first-order chi connectivity index (χ1) is 5.66. The van der Waals surface area contributed by atoms with Gasteiger partial charge in [0.25, 0.3) is 0 Å². The molecule has 1 aliphatic rings. The summed E-state index contributed by atoms with van der Waals surface area (Å²) in [5.41, 5.74) is 0.371. The molecule has 0 aromatic carbocycles. The van der Waals surface area contributed by atoms with Crippen molar-refractivity contribution in [2.75, 3.05) is 0 Å². The first-order valence-electron chi connectivity index (χ1n) is 4.78. The van der Waals surface area contributed by atoms with Crippen LogP contribution in [0.4, 0.5) is 0 Å². The molecule has 0 spiro atoms. The van der Waals surface area contributed by atoms with E-state index in [-0.39, 0.29) is 6.10 Å². The maximum atomic E-state index is 9.38. The molecular weight excluding hydrogens is 148 g/mol. The molecule has 1 N–H and O–H groups in total. The molecule has 0 heterocycles. The largest absolute Gasteiger partial charge is 0.393 e. The SMILES string of the molecule is C#CCCCC1(C)CCC(O)C1. The van der Waals surface area contributed by atoms with Crippen molar-refractivity contribution < 1.29 is 5.11 Å². The zero-order valence-corrected chi connectivity index (χ0v) is 7.84. The van der Waals surface area contributed by atoms with E-state index in [4.69, 9.17) is 6.42 Å². The van der Waals surface area contributed by atoms with E-state index >= 15 is 0 Å². The van der Waals surface area contributed by atoms with Crippen LogP contribution in [-0.4, -0.2) is 11.2 Å². The molecule has 1 saturated carbocycles. The maximum absolute atomic E-state index is 9.38. The summed E-state index contributed by atoms with van der Waals surface area (Å²) in [5.74, 6) is 2.66. The Balaban J connectivity index is 2.26. The predicted molar refractivity (Wildman–Crippen MR) is 50.6 cm³/mol. The lowest BCUT2D eigenvalue weighted by molar-refractivity contribution is 0.160. The zero-order valence-electron chi connectivity index (χ0n) is 7.84. The van der Waals surface area contributed by atoms with Crippen LogP contribution in [0, 0.1) is 17.8 Å². The lowest BCUT2D eigenvalue weighted by Crippen LogP contribution is -2.12. The number of rotatable bonds is 3. The fourth-order valence-electron chi connectivity index (χ4n) is 2.13. The van der Waals surface area contributed by atoms with Crippen LogP contribution in [0.3, 0.4) is 0 Å². The van der Waals surface area contributed by atoms with E-state index in [1.54, 1.807) is 0 Å². The van der Waals surface area contributed by atoms with Gasteiger partial charge in [-0.3, -0.25) is 0 Å². The van der Waals surface area contributed by atoms with Crippen LogP contribution in [0.15, 0.2) is 0 Å². The Labute approximate surface area is 75.2 Å². The van der Waals surface area contributed by atoms with Gasteiger partial charge in [-0.15, -0.1) is 12.3 Å². The Morgan fingerprint density at radius 3 is 2.92 bits per heavy atom. The van der Waals surface area contributed by atoms with E-state index in [2.05, 4.69) is 12.8 Å². The fourth-order valence-corrected chi connectivity index (χ4v) is 2.13. The summed E-state index contributed by atoms with van der Waals surface area (Å²) in [5, 5.41) is 9.38. The summed E-state index contributed by atoms with van der Waals surface area (Å²) in [7, 11) is 0. The summed E-state index contributed by atoms with van der Waals surface area (Å²) in [6, 6.07) is 0. The van der Waals surface area contributed by atoms with Crippen molar-refractivity contribution in [2.45, 2.75) is 51.6 Å².